The molecule has 0 aliphatic heterocycles. The van der Waals surface area contributed by atoms with Gasteiger partial charge in [-0.05, 0) is 19.9 Å². The molecule has 0 aromatic carbocycles. The fourth-order valence-corrected chi connectivity index (χ4v) is 2.39. The Labute approximate surface area is 108 Å². The number of carbonyl (C=O) groups excluding carboxylic acids is 1. The lowest BCUT2D eigenvalue weighted by Crippen LogP contribution is -2.27. The van der Waals surface area contributed by atoms with E-state index in [-0.39, 0.29) is 5.91 Å². The largest absolute Gasteiger partial charge is 0.472 e. The maximum Gasteiger partial charge on any atom is 0.264 e. The van der Waals surface area contributed by atoms with Crippen molar-refractivity contribution in [2.45, 2.75) is 19.9 Å². The van der Waals surface area contributed by atoms with E-state index in [9.17, 15) is 4.79 Å². The molecular formula is C12H11N3O2S. The number of nitriles is 1. The molecule has 1 amide bonds. The number of furan rings is 1. The first-order valence-corrected chi connectivity index (χ1v) is 6.10. The van der Waals surface area contributed by atoms with Gasteiger partial charge in [0.1, 0.15) is 10.9 Å². The van der Waals surface area contributed by atoms with Crippen LogP contribution < -0.4 is 5.32 Å². The number of thiazole rings is 1. The first-order valence-electron chi connectivity index (χ1n) is 5.28. The number of hydrogen-bond donors (Lipinski definition) is 1. The molecule has 6 heteroatoms. The van der Waals surface area contributed by atoms with Crippen molar-refractivity contribution in [1.82, 2.24) is 10.3 Å². The smallest absolute Gasteiger partial charge is 0.264 e. The van der Waals surface area contributed by atoms with Crippen LogP contribution in [0.3, 0.4) is 0 Å². The summed E-state index contributed by atoms with van der Waals surface area (Å²) in [5.74, 6) is -0.286. The Balaban J connectivity index is 2.16. The number of amides is 1. The summed E-state index contributed by atoms with van der Waals surface area (Å²) in [5.41, 5.74) is 1.31. The highest BCUT2D eigenvalue weighted by molar-refractivity contribution is 7.13. The molecule has 18 heavy (non-hydrogen) atoms. The second kappa shape index (κ2) is 5.02. The Bertz CT molecular complexity index is 595. The van der Waals surface area contributed by atoms with E-state index in [1.54, 1.807) is 13.0 Å². The van der Waals surface area contributed by atoms with E-state index >= 15 is 0 Å². The molecule has 0 saturated heterocycles. The van der Waals surface area contributed by atoms with Crippen LogP contribution in [0.4, 0.5) is 0 Å². The molecule has 1 unspecified atom stereocenters. The summed E-state index contributed by atoms with van der Waals surface area (Å²) < 4.78 is 4.90. The molecule has 1 atom stereocenters. The molecule has 2 rings (SSSR count). The van der Waals surface area contributed by atoms with Gasteiger partial charge in [-0.2, -0.15) is 5.26 Å². The Morgan fingerprint density at radius 2 is 2.39 bits per heavy atom. The van der Waals surface area contributed by atoms with Crippen LogP contribution >= 0.6 is 11.3 Å². The van der Waals surface area contributed by atoms with Crippen LogP contribution in [0.2, 0.25) is 0 Å². The third-order valence-corrected chi connectivity index (χ3v) is 3.46. The Kier molecular flexibility index (Phi) is 3.44. The monoisotopic (exact) mass is 261 g/mol. The van der Waals surface area contributed by atoms with Crippen molar-refractivity contribution in [1.29, 1.82) is 5.26 Å². The average Bonchev–Trinajstić information content (AvgIpc) is 2.95. The van der Waals surface area contributed by atoms with E-state index in [1.165, 1.54) is 23.9 Å². The average molecular weight is 261 g/mol. The molecule has 1 N–H and O–H groups in total. The molecule has 0 aliphatic rings. The highest BCUT2D eigenvalue weighted by Crippen LogP contribution is 2.19. The molecule has 0 fully saturated rings. The maximum atomic E-state index is 12.0. The van der Waals surface area contributed by atoms with Gasteiger partial charge in [0.05, 0.1) is 29.3 Å². The number of rotatable bonds is 3. The van der Waals surface area contributed by atoms with E-state index in [0.717, 1.165) is 5.01 Å². The van der Waals surface area contributed by atoms with Crippen molar-refractivity contribution < 1.29 is 9.21 Å². The summed E-state index contributed by atoms with van der Waals surface area (Å²) in [6.45, 7) is 3.62. The minimum Gasteiger partial charge on any atom is -0.472 e. The standard InChI is InChI=1S/C12H11N3O2S/c1-7-11(18-8(2)14-7)12(16)15-10(5-13)9-3-4-17-6-9/h3-4,6,10H,1-2H3,(H,15,16). The zero-order valence-electron chi connectivity index (χ0n) is 9.93. The maximum absolute atomic E-state index is 12.0. The molecule has 2 heterocycles. The van der Waals surface area contributed by atoms with Crippen LogP contribution in [0.25, 0.3) is 0 Å². The van der Waals surface area contributed by atoms with E-state index in [2.05, 4.69) is 10.3 Å². The van der Waals surface area contributed by atoms with Crippen molar-refractivity contribution >= 4 is 17.2 Å². The number of carbonyl (C=O) groups is 1. The summed E-state index contributed by atoms with van der Waals surface area (Å²) in [4.78, 5) is 16.7. The first-order chi connectivity index (χ1) is 8.61. The summed E-state index contributed by atoms with van der Waals surface area (Å²) in [5, 5.41) is 12.5. The number of nitrogens with zero attached hydrogens (tertiary/aromatic N) is 2. The van der Waals surface area contributed by atoms with Gasteiger partial charge in [-0.1, -0.05) is 0 Å². The first kappa shape index (κ1) is 12.3. The molecule has 0 bridgehead atoms. The number of nitrogens with one attached hydrogen (secondary N) is 1. The van der Waals surface area contributed by atoms with Crippen molar-refractivity contribution in [3.63, 3.8) is 0 Å². The summed E-state index contributed by atoms with van der Waals surface area (Å²) in [6, 6.07) is 2.97. The topological polar surface area (TPSA) is 78.9 Å². The van der Waals surface area contributed by atoms with Crippen LogP contribution in [0, 0.1) is 25.2 Å². The van der Waals surface area contributed by atoms with Crippen LogP contribution in [0.15, 0.2) is 23.0 Å². The predicted octanol–water partition coefficient (Wildman–Crippen LogP) is 2.35. The molecule has 2 aromatic rings. The quantitative estimate of drug-likeness (QED) is 0.919. The Morgan fingerprint density at radius 3 is 2.89 bits per heavy atom. The van der Waals surface area contributed by atoms with Crippen LogP contribution in [-0.2, 0) is 0 Å². The van der Waals surface area contributed by atoms with E-state index in [0.29, 0.717) is 16.1 Å². The van der Waals surface area contributed by atoms with Gasteiger partial charge in [0.25, 0.3) is 5.91 Å². The Hall–Kier alpha value is -2.13. The minimum atomic E-state index is -0.710. The molecule has 5 nitrogen and oxygen atoms in total. The Morgan fingerprint density at radius 1 is 1.61 bits per heavy atom. The van der Waals surface area contributed by atoms with Gasteiger partial charge in [0.2, 0.25) is 0 Å². The van der Waals surface area contributed by atoms with Crippen LogP contribution in [0.5, 0.6) is 0 Å². The second-order valence-electron chi connectivity index (χ2n) is 3.74. The van der Waals surface area contributed by atoms with Crippen molar-refractivity contribution in [2.75, 3.05) is 0 Å². The van der Waals surface area contributed by atoms with E-state index in [4.69, 9.17) is 9.68 Å². The molecule has 0 spiro atoms. The molecule has 0 aliphatic carbocycles. The minimum absolute atomic E-state index is 0.286. The van der Waals surface area contributed by atoms with Crippen LogP contribution in [0.1, 0.15) is 32.0 Å². The van der Waals surface area contributed by atoms with Crippen molar-refractivity contribution in [3.8, 4) is 6.07 Å². The third-order valence-electron chi connectivity index (χ3n) is 2.39. The fourth-order valence-electron chi connectivity index (χ4n) is 1.57. The summed E-state index contributed by atoms with van der Waals surface area (Å²) in [6.07, 6.45) is 2.91. The van der Waals surface area contributed by atoms with Crippen molar-refractivity contribution in [3.05, 3.63) is 39.7 Å². The highest BCUT2D eigenvalue weighted by atomic mass is 32.1. The lowest BCUT2D eigenvalue weighted by molar-refractivity contribution is 0.0948. The normalized spacial score (nSPS) is 11.8. The fraction of sp³-hybridized carbons (Fsp3) is 0.250. The highest BCUT2D eigenvalue weighted by Gasteiger charge is 2.19. The van der Waals surface area contributed by atoms with Crippen LogP contribution in [-0.4, -0.2) is 10.9 Å². The molecule has 0 saturated carbocycles. The van der Waals surface area contributed by atoms with Gasteiger partial charge in [0.15, 0.2) is 0 Å². The zero-order valence-corrected chi connectivity index (χ0v) is 10.7. The van der Waals surface area contributed by atoms with Gasteiger partial charge in [-0.25, -0.2) is 4.98 Å². The molecule has 2 aromatic heterocycles. The lowest BCUT2D eigenvalue weighted by atomic mass is 10.1. The zero-order chi connectivity index (χ0) is 13.1. The van der Waals surface area contributed by atoms with Gasteiger partial charge in [-0.3, -0.25) is 4.79 Å². The summed E-state index contributed by atoms with van der Waals surface area (Å²) >= 11 is 1.32. The van der Waals surface area contributed by atoms with Gasteiger partial charge >= 0.3 is 0 Å². The molecular weight excluding hydrogens is 250 g/mol. The number of aromatic nitrogens is 1. The lowest BCUT2D eigenvalue weighted by Gasteiger charge is -2.08. The number of aryl methyl sites for hydroxylation is 2. The second-order valence-corrected chi connectivity index (χ2v) is 4.94. The molecule has 92 valence electrons. The van der Waals surface area contributed by atoms with Gasteiger partial charge in [0, 0.05) is 5.56 Å². The van der Waals surface area contributed by atoms with Crippen molar-refractivity contribution in [2.24, 2.45) is 0 Å². The predicted molar refractivity (Wildman–Crippen MR) is 66.1 cm³/mol. The summed E-state index contributed by atoms with van der Waals surface area (Å²) in [7, 11) is 0. The number of hydrogen-bond acceptors (Lipinski definition) is 5. The third kappa shape index (κ3) is 2.41. The van der Waals surface area contributed by atoms with E-state index < -0.39 is 6.04 Å². The van der Waals surface area contributed by atoms with Gasteiger partial charge in [-0.15, -0.1) is 11.3 Å². The van der Waals surface area contributed by atoms with E-state index in [1.807, 2.05) is 13.0 Å². The van der Waals surface area contributed by atoms with Gasteiger partial charge < -0.3 is 9.73 Å². The molecule has 0 radical (unpaired) electrons. The SMILES string of the molecule is Cc1nc(C)c(C(=O)NC(C#N)c2ccoc2)s1.